The molecular weight excluding hydrogens is 977 g/mol. The van der Waals surface area contributed by atoms with Crippen molar-refractivity contribution in [3.05, 3.63) is 23.5 Å². The van der Waals surface area contributed by atoms with Crippen LogP contribution in [0.3, 0.4) is 0 Å². The fraction of sp³-hybridized carbons (Fsp3) is 0.911. The average Bonchev–Trinajstić information content (AvgIpc) is 3.55. The second kappa shape index (κ2) is 22.3. The molecule has 0 aromatic rings. The molecule has 5 saturated heterocycles. The molecule has 3 saturated carbocycles. The zero-order valence-electron chi connectivity index (χ0n) is 46.4. The maximum absolute atomic E-state index is 13.0. The Balaban J connectivity index is 0.728. The Morgan fingerprint density at radius 3 is 2.15 bits per heavy atom. The third-order valence-corrected chi connectivity index (χ3v) is 20.0. The van der Waals surface area contributed by atoms with Crippen LogP contribution >= 0.6 is 0 Å². The van der Waals surface area contributed by atoms with E-state index in [9.17, 15) is 15.0 Å². The average molecular weight is 1070 g/mol. The van der Waals surface area contributed by atoms with E-state index >= 15 is 0 Å². The minimum Gasteiger partial charge on any atom is -0.493 e. The van der Waals surface area contributed by atoms with Crippen LogP contribution < -0.4 is 0 Å². The Morgan fingerprint density at radius 1 is 0.747 bits per heavy atom. The van der Waals surface area contributed by atoms with Crippen molar-refractivity contribution in [2.75, 3.05) is 35.0 Å². The first-order valence-electron chi connectivity index (χ1n) is 28.1. The van der Waals surface area contributed by atoms with Crippen LogP contribution in [-0.2, 0) is 80.9 Å². The third kappa shape index (κ3) is 10.5. The number of fused-ring (bicyclic) bond motifs is 6. The summed E-state index contributed by atoms with van der Waals surface area (Å²) in [6.07, 6.45) is 3.04. The summed E-state index contributed by atoms with van der Waals surface area (Å²) in [4.78, 5) is 25.4. The molecule has 0 aromatic carbocycles. The maximum atomic E-state index is 13.0. The molecule has 1 spiro atoms. The molecule has 0 unspecified atom stereocenters. The second-order valence-corrected chi connectivity index (χ2v) is 24.2. The topological polar surface area (TPSA) is 205 Å². The lowest BCUT2D eigenvalue weighted by atomic mass is 9.46. The summed E-state index contributed by atoms with van der Waals surface area (Å²) in [6.45, 7) is 16.3. The normalized spacial score (nSPS) is 51.6. The summed E-state index contributed by atoms with van der Waals surface area (Å²) in [6, 6.07) is 0. The van der Waals surface area contributed by atoms with Gasteiger partial charge < -0.3 is 76.5 Å². The van der Waals surface area contributed by atoms with Crippen LogP contribution in [0.2, 0.25) is 0 Å². The Bertz CT molecular complexity index is 2060. The molecule has 8 fully saturated rings. The van der Waals surface area contributed by atoms with Gasteiger partial charge in [0.05, 0.1) is 79.9 Å². The zero-order valence-corrected chi connectivity index (χ0v) is 46.4. The molecule has 0 aromatic heterocycles. The highest BCUT2D eigenvalue weighted by Gasteiger charge is 2.66. The van der Waals surface area contributed by atoms with Gasteiger partial charge in [-0.25, -0.2) is 4.89 Å². The number of aliphatic hydroxyl groups excluding tert-OH is 1. The summed E-state index contributed by atoms with van der Waals surface area (Å²) in [5.41, 5.74) is 0.0691. The molecule has 19 nitrogen and oxygen atoms in total. The summed E-state index contributed by atoms with van der Waals surface area (Å²) in [5, 5.41) is 23.4. The van der Waals surface area contributed by atoms with Crippen LogP contribution in [0, 0.1) is 28.6 Å². The van der Waals surface area contributed by atoms with Gasteiger partial charge in [-0.1, -0.05) is 25.5 Å². The number of Topliss-reactive ketones (excluding diaryl/α,β-unsaturated/α-hetero) is 1. The Kier molecular flexibility index (Phi) is 16.8. The van der Waals surface area contributed by atoms with E-state index < -0.39 is 110 Å². The van der Waals surface area contributed by atoms with Crippen LogP contribution in [0.4, 0.5) is 0 Å². The smallest absolute Gasteiger partial charge is 0.252 e. The number of methoxy groups -OCH3 is 4. The first-order chi connectivity index (χ1) is 35.7. The van der Waals surface area contributed by atoms with E-state index in [1.165, 1.54) is 12.7 Å². The monoisotopic (exact) mass is 1060 g/mol. The minimum atomic E-state index is -1.30. The van der Waals surface area contributed by atoms with E-state index in [4.69, 9.17) is 76.1 Å². The molecule has 26 atom stereocenters. The quantitative estimate of drug-likeness (QED) is 0.158. The van der Waals surface area contributed by atoms with Gasteiger partial charge in [-0.05, 0) is 122 Å². The second-order valence-electron chi connectivity index (χ2n) is 24.2. The largest absolute Gasteiger partial charge is 0.493 e. The lowest BCUT2D eigenvalue weighted by molar-refractivity contribution is -0.472. The van der Waals surface area contributed by atoms with Crippen LogP contribution in [0.15, 0.2) is 23.5 Å². The molecule has 0 bridgehead atoms. The highest BCUT2D eigenvalue weighted by Crippen LogP contribution is 2.68. The predicted octanol–water partition coefficient (Wildman–Crippen LogP) is 6.12. The number of carbonyl (C=O) groups excluding carboxylic acids is 1. The van der Waals surface area contributed by atoms with Crippen LogP contribution in [0.25, 0.3) is 0 Å². The van der Waals surface area contributed by atoms with Gasteiger partial charge in [0.15, 0.2) is 24.6 Å². The van der Waals surface area contributed by atoms with Crippen molar-refractivity contribution in [1.29, 1.82) is 0 Å². The molecule has 10 rings (SSSR count). The molecule has 19 heteroatoms. The molecule has 2 N–H and O–H groups in total. The summed E-state index contributed by atoms with van der Waals surface area (Å²) in [7, 11) is 6.36. The number of hydrogen-bond acceptors (Lipinski definition) is 19. The minimum absolute atomic E-state index is 0.0346. The molecule has 6 heterocycles. The van der Waals surface area contributed by atoms with Crippen molar-refractivity contribution in [3.63, 3.8) is 0 Å². The van der Waals surface area contributed by atoms with Gasteiger partial charge in [-0.15, -0.1) is 0 Å². The zero-order chi connectivity index (χ0) is 53.4. The fourth-order valence-corrected chi connectivity index (χ4v) is 15.7. The highest BCUT2D eigenvalue weighted by atomic mass is 17.2. The molecule has 10 aliphatic rings. The molecule has 426 valence electrons. The number of ether oxygens (including phenoxy) is 14. The number of ketones is 1. The lowest BCUT2D eigenvalue weighted by Crippen LogP contribution is -2.60. The SMILES string of the molecule is COC1=C[C@@H](C)O[C@@H](O[C@H]2CC[C@@]3(C)C(=CC[C@@H]4[C@@H]3CC[C@@]3(C)[C@H]4CC[C@]3(O)[C@H](C)O[C@H]3C[C@H]4OC[C@]5(C[C@@H](OC)[C@H](O[C@H]6C[C@H](OC)[C@H](O[C@H]7C[C@H](OC)[C@H](O)[C@@H](C)O7)[C@@H](C)O6)[C@@H](C)O5)OO[C@@H]4[C@@H](C)O3)C2)C1=O. The van der Waals surface area contributed by atoms with Gasteiger partial charge in [-0.3, -0.25) is 4.79 Å². The molecule has 0 amide bonds. The standard InChI is InChI=1S/C56H88O19/c1-28-21-39(60-9)48(58)52(65-28)70-35-15-18-53(7)34(22-35)13-14-36-37(53)16-19-54(8)38(36)17-20-56(54,59)33(6)69-44-25-42-51(31(4)68-44)74-75-55(27-64-42)26-43(63-12)50(32(5)73-55)72-46-24-41(62-11)49(30(3)67-46)71-45-23-40(61-10)47(57)29(2)66-45/h13,21,28-33,35-38,40-47,49-52,57,59H,14-20,22-27H2,1-12H3/t28-,29-,30-,31-,32-,33+,35+,36-,37+,38+,40+,41+,42-,43-,44+,45+,46+,47-,49-,50-,51-,52+,53+,54+,55+,56+/m1/s1. The predicted molar refractivity (Wildman–Crippen MR) is 265 cm³/mol. The Labute approximate surface area is 443 Å². The first kappa shape index (κ1) is 56.5. The summed E-state index contributed by atoms with van der Waals surface area (Å²) < 4.78 is 87.2. The third-order valence-electron chi connectivity index (χ3n) is 20.0. The molecule has 75 heavy (non-hydrogen) atoms. The summed E-state index contributed by atoms with van der Waals surface area (Å²) >= 11 is 0. The van der Waals surface area contributed by atoms with Gasteiger partial charge in [0.2, 0.25) is 12.1 Å². The first-order valence-corrected chi connectivity index (χ1v) is 28.1. The maximum Gasteiger partial charge on any atom is 0.252 e. The van der Waals surface area contributed by atoms with Crippen molar-refractivity contribution in [1.82, 2.24) is 0 Å². The van der Waals surface area contributed by atoms with E-state index in [0.717, 1.165) is 44.9 Å². The van der Waals surface area contributed by atoms with Gasteiger partial charge in [0.1, 0.15) is 31.0 Å². The highest BCUT2D eigenvalue weighted by molar-refractivity contribution is 5.96. The van der Waals surface area contributed by atoms with Crippen LogP contribution in [-0.4, -0.2) is 179 Å². The van der Waals surface area contributed by atoms with Crippen molar-refractivity contribution < 1.29 is 91.1 Å². The number of carbonyl (C=O) groups is 1. The summed E-state index contributed by atoms with van der Waals surface area (Å²) in [5.74, 6) is 0.0327. The Hall–Kier alpha value is -1.73. The van der Waals surface area contributed by atoms with E-state index in [-0.39, 0.29) is 48.0 Å². The van der Waals surface area contributed by atoms with Crippen LogP contribution in [0.1, 0.15) is 132 Å². The molecular formula is C56H88O19. The van der Waals surface area contributed by atoms with E-state index in [0.29, 0.717) is 49.2 Å². The number of hydrogen-bond donors (Lipinski definition) is 2. The van der Waals surface area contributed by atoms with Gasteiger partial charge in [0, 0.05) is 52.4 Å². The van der Waals surface area contributed by atoms with E-state index in [1.807, 2.05) is 34.6 Å². The van der Waals surface area contributed by atoms with Gasteiger partial charge >= 0.3 is 0 Å². The van der Waals surface area contributed by atoms with Crippen molar-refractivity contribution in [3.8, 4) is 0 Å². The van der Waals surface area contributed by atoms with Crippen molar-refractivity contribution in [2.24, 2.45) is 28.6 Å². The molecule has 4 aliphatic carbocycles. The van der Waals surface area contributed by atoms with Crippen LogP contribution in [0.5, 0.6) is 0 Å². The van der Waals surface area contributed by atoms with Crippen molar-refractivity contribution >= 4 is 5.78 Å². The fourth-order valence-electron chi connectivity index (χ4n) is 15.7. The molecule has 0 radical (unpaired) electrons. The van der Waals surface area contributed by atoms with E-state index in [2.05, 4.69) is 19.9 Å². The Morgan fingerprint density at radius 2 is 1.43 bits per heavy atom. The lowest BCUT2D eigenvalue weighted by Gasteiger charge is -2.59. The number of allylic oxidation sites excluding steroid dienone is 1. The van der Waals surface area contributed by atoms with E-state index in [1.54, 1.807) is 34.3 Å². The number of rotatable bonds is 13. The van der Waals surface area contributed by atoms with Crippen molar-refractivity contribution in [2.45, 2.75) is 261 Å². The van der Waals surface area contributed by atoms with Gasteiger partial charge in [-0.2, -0.15) is 4.89 Å². The number of aliphatic hydroxyl groups is 2. The molecule has 6 aliphatic heterocycles. The van der Waals surface area contributed by atoms with Gasteiger partial charge in [0.25, 0.3) is 5.78 Å².